The summed E-state index contributed by atoms with van der Waals surface area (Å²) in [5, 5.41) is 1.11. The van der Waals surface area contributed by atoms with Gasteiger partial charge in [-0.1, -0.05) is 0 Å². The largest absolute Gasteiger partial charge is 0.380 e. The van der Waals surface area contributed by atoms with Gasteiger partial charge in [0.1, 0.15) is 11.2 Å². The van der Waals surface area contributed by atoms with Gasteiger partial charge < -0.3 is 16.2 Å². The number of nitrogens with two attached hydrogens (primary N) is 2. The molecule has 2 fully saturated rings. The van der Waals surface area contributed by atoms with E-state index in [0.717, 1.165) is 48.4 Å². The molecule has 5 nitrogen and oxygen atoms in total. The van der Waals surface area contributed by atoms with Crippen LogP contribution in [0.2, 0.25) is 0 Å². The third-order valence-corrected chi connectivity index (χ3v) is 5.65. The van der Waals surface area contributed by atoms with E-state index < -0.39 is 5.54 Å². The zero-order chi connectivity index (χ0) is 13.7. The van der Waals surface area contributed by atoms with Crippen LogP contribution in [0.3, 0.4) is 0 Å². The molecule has 0 bridgehead atoms. The van der Waals surface area contributed by atoms with E-state index in [0.29, 0.717) is 5.92 Å². The van der Waals surface area contributed by atoms with Crippen molar-refractivity contribution in [3.8, 4) is 0 Å². The van der Waals surface area contributed by atoms with Gasteiger partial charge in [0, 0.05) is 22.2 Å². The van der Waals surface area contributed by atoms with E-state index in [1.165, 1.54) is 4.88 Å². The first-order valence-corrected chi connectivity index (χ1v) is 7.84. The first-order valence-electron chi connectivity index (χ1n) is 7.03. The molecule has 4 rings (SSSR count). The topological polar surface area (TPSA) is 87.1 Å². The molecule has 2 aromatic rings. The second-order valence-corrected chi connectivity index (χ2v) is 7.05. The Morgan fingerprint density at radius 1 is 1.33 bits per heavy atom. The summed E-state index contributed by atoms with van der Waals surface area (Å²) in [4.78, 5) is 11.3. The van der Waals surface area contributed by atoms with Crippen molar-refractivity contribution >= 4 is 34.0 Å². The van der Waals surface area contributed by atoms with E-state index in [2.05, 4.69) is 16.0 Å². The molecule has 0 radical (unpaired) electrons. The van der Waals surface area contributed by atoms with E-state index in [1.807, 2.05) is 0 Å². The summed E-state index contributed by atoms with van der Waals surface area (Å²) >= 11 is 1.74. The highest BCUT2D eigenvalue weighted by Crippen LogP contribution is 2.41. The average Bonchev–Trinajstić information content (AvgIpc) is 2.90. The number of hydrogen-bond donors (Lipinski definition) is 2. The minimum absolute atomic E-state index is 0. The molecule has 1 aliphatic carbocycles. The highest BCUT2D eigenvalue weighted by Gasteiger charge is 2.38. The Morgan fingerprint density at radius 2 is 2.14 bits per heavy atom. The third kappa shape index (κ3) is 2.45. The lowest BCUT2D eigenvalue weighted by Gasteiger charge is -2.24. The van der Waals surface area contributed by atoms with Crippen LogP contribution in [0.15, 0.2) is 12.4 Å². The van der Waals surface area contributed by atoms with Crippen LogP contribution in [-0.2, 0) is 10.3 Å². The molecule has 2 unspecified atom stereocenters. The van der Waals surface area contributed by atoms with Gasteiger partial charge in [-0.3, -0.25) is 0 Å². The second kappa shape index (κ2) is 5.44. The fourth-order valence-electron chi connectivity index (χ4n) is 3.20. The zero-order valence-electron chi connectivity index (χ0n) is 11.6. The van der Waals surface area contributed by atoms with Gasteiger partial charge in [0.2, 0.25) is 0 Å². The van der Waals surface area contributed by atoms with Gasteiger partial charge >= 0.3 is 0 Å². The molecular weight excluding hydrogens is 308 g/mol. The molecule has 0 amide bonds. The first kappa shape index (κ1) is 15.1. The maximum absolute atomic E-state index is 6.58. The number of halogens is 1. The molecule has 114 valence electrons. The molecule has 4 N–H and O–H groups in total. The summed E-state index contributed by atoms with van der Waals surface area (Å²) in [6.45, 7) is 1.63. The number of nitrogens with zero attached hydrogens (tertiary/aromatic N) is 2. The van der Waals surface area contributed by atoms with Crippen LogP contribution >= 0.6 is 23.7 Å². The Balaban J connectivity index is 0.00000132. The van der Waals surface area contributed by atoms with Crippen molar-refractivity contribution in [2.75, 3.05) is 13.2 Å². The van der Waals surface area contributed by atoms with Crippen LogP contribution in [0.1, 0.15) is 35.8 Å². The van der Waals surface area contributed by atoms with Crippen molar-refractivity contribution in [1.29, 1.82) is 0 Å². The van der Waals surface area contributed by atoms with E-state index in [-0.39, 0.29) is 18.4 Å². The number of thiophene rings is 1. The van der Waals surface area contributed by atoms with Crippen molar-refractivity contribution in [3.05, 3.63) is 23.0 Å². The van der Waals surface area contributed by atoms with Crippen LogP contribution in [0.5, 0.6) is 0 Å². The molecular formula is C14H19ClN4OS. The van der Waals surface area contributed by atoms with Gasteiger partial charge in [-0.15, -0.1) is 23.7 Å². The summed E-state index contributed by atoms with van der Waals surface area (Å²) in [7, 11) is 0. The van der Waals surface area contributed by atoms with Crippen LogP contribution in [-0.4, -0.2) is 29.2 Å². The maximum Gasteiger partial charge on any atom is 0.127 e. The van der Waals surface area contributed by atoms with Crippen LogP contribution in [0, 0.1) is 0 Å². The predicted molar refractivity (Wildman–Crippen MR) is 85.9 cm³/mol. The zero-order valence-corrected chi connectivity index (χ0v) is 13.3. The molecule has 1 aliphatic heterocycles. The van der Waals surface area contributed by atoms with Crippen molar-refractivity contribution < 1.29 is 4.74 Å². The van der Waals surface area contributed by atoms with Crippen LogP contribution in [0.25, 0.3) is 10.2 Å². The SMILES string of the molecule is Cl.NC1CCC(N)(c2ncnc3sc(C4COC4)cc23)C1. The minimum atomic E-state index is -0.394. The van der Waals surface area contributed by atoms with E-state index in [1.54, 1.807) is 17.7 Å². The molecule has 2 aromatic heterocycles. The number of fused-ring (bicyclic) bond motifs is 1. The van der Waals surface area contributed by atoms with Gasteiger partial charge in [-0.2, -0.15) is 0 Å². The van der Waals surface area contributed by atoms with Crippen LogP contribution < -0.4 is 11.5 Å². The lowest BCUT2D eigenvalue weighted by atomic mass is 9.91. The fourth-order valence-corrected chi connectivity index (χ4v) is 4.27. The summed E-state index contributed by atoms with van der Waals surface area (Å²) in [5.74, 6) is 0.515. The number of aromatic nitrogens is 2. The quantitative estimate of drug-likeness (QED) is 0.880. The highest BCUT2D eigenvalue weighted by atomic mass is 35.5. The first-order chi connectivity index (χ1) is 9.66. The summed E-state index contributed by atoms with van der Waals surface area (Å²) in [6, 6.07) is 2.39. The Kier molecular flexibility index (Phi) is 3.92. The van der Waals surface area contributed by atoms with E-state index in [9.17, 15) is 0 Å². The smallest absolute Gasteiger partial charge is 0.127 e. The Bertz CT molecular complexity index is 659. The number of ether oxygens (including phenoxy) is 1. The molecule has 2 aliphatic rings. The summed E-state index contributed by atoms with van der Waals surface area (Å²) < 4.78 is 5.28. The molecule has 21 heavy (non-hydrogen) atoms. The van der Waals surface area contributed by atoms with Crippen molar-refractivity contribution in [3.63, 3.8) is 0 Å². The fraction of sp³-hybridized carbons (Fsp3) is 0.571. The van der Waals surface area contributed by atoms with Crippen molar-refractivity contribution in [2.24, 2.45) is 11.5 Å². The maximum atomic E-state index is 6.58. The van der Waals surface area contributed by atoms with Gasteiger partial charge in [0.05, 0.1) is 24.4 Å². The Labute approximate surface area is 133 Å². The monoisotopic (exact) mass is 326 g/mol. The predicted octanol–water partition coefficient (Wildman–Crippen LogP) is 1.89. The van der Waals surface area contributed by atoms with Gasteiger partial charge in [0.25, 0.3) is 0 Å². The standard InChI is InChI=1S/C14H18N4OS.ClH/c15-9-1-2-14(16,4-9)12-10-3-11(8-5-19-6-8)20-13(10)18-7-17-12;/h3,7-9H,1-2,4-6,15-16H2;1H. The lowest BCUT2D eigenvalue weighted by Crippen LogP contribution is -2.36. The minimum Gasteiger partial charge on any atom is -0.380 e. The lowest BCUT2D eigenvalue weighted by molar-refractivity contribution is 0.00990. The molecule has 7 heteroatoms. The van der Waals surface area contributed by atoms with Gasteiger partial charge in [0.15, 0.2) is 0 Å². The molecule has 0 spiro atoms. The molecule has 1 saturated heterocycles. The number of hydrogen-bond acceptors (Lipinski definition) is 6. The number of rotatable bonds is 2. The molecule has 1 saturated carbocycles. The van der Waals surface area contributed by atoms with E-state index >= 15 is 0 Å². The highest BCUT2D eigenvalue weighted by molar-refractivity contribution is 7.18. The van der Waals surface area contributed by atoms with Crippen molar-refractivity contribution in [2.45, 2.75) is 36.8 Å². The summed E-state index contributed by atoms with van der Waals surface area (Å²) in [5.41, 5.74) is 13.2. The summed E-state index contributed by atoms with van der Waals surface area (Å²) in [6.07, 6.45) is 4.30. The molecule has 2 atom stereocenters. The van der Waals surface area contributed by atoms with Crippen LogP contribution in [0.4, 0.5) is 0 Å². The van der Waals surface area contributed by atoms with Crippen molar-refractivity contribution in [1.82, 2.24) is 9.97 Å². The normalized spacial score (nSPS) is 29.3. The third-order valence-electron chi connectivity index (χ3n) is 4.45. The second-order valence-electron chi connectivity index (χ2n) is 5.98. The van der Waals surface area contributed by atoms with Gasteiger partial charge in [-0.25, -0.2) is 9.97 Å². The van der Waals surface area contributed by atoms with Gasteiger partial charge in [-0.05, 0) is 25.3 Å². The molecule has 0 aromatic carbocycles. The Hall–Kier alpha value is -0.790. The Morgan fingerprint density at radius 3 is 2.76 bits per heavy atom. The average molecular weight is 327 g/mol. The van der Waals surface area contributed by atoms with E-state index in [4.69, 9.17) is 16.2 Å². The molecule has 3 heterocycles.